The van der Waals surface area contributed by atoms with Gasteiger partial charge in [-0.3, -0.25) is 0 Å². The molecule has 1 aromatic rings. The van der Waals surface area contributed by atoms with Crippen molar-refractivity contribution in [2.45, 2.75) is 17.6 Å². The van der Waals surface area contributed by atoms with Crippen molar-refractivity contribution < 1.29 is 4.74 Å². The minimum absolute atomic E-state index is 0.803. The summed E-state index contributed by atoms with van der Waals surface area (Å²) in [6, 6.07) is 2.08. The molecule has 78 valence electrons. The van der Waals surface area contributed by atoms with Crippen LogP contribution in [0.25, 0.3) is 0 Å². The van der Waals surface area contributed by atoms with Crippen LogP contribution in [0, 0.1) is 6.92 Å². The Hall–Kier alpha value is 0.460. The van der Waals surface area contributed by atoms with E-state index in [-0.39, 0.29) is 0 Å². The van der Waals surface area contributed by atoms with Gasteiger partial charge >= 0.3 is 0 Å². The normalized spacial score (nSPS) is 10.4. The van der Waals surface area contributed by atoms with E-state index in [4.69, 9.17) is 4.74 Å². The fourth-order valence-electron chi connectivity index (χ4n) is 1.43. The fraction of sp³-hybridized carbons (Fsp3) is 0.400. The molecule has 0 aromatic heterocycles. The van der Waals surface area contributed by atoms with Crippen LogP contribution in [0.3, 0.4) is 0 Å². The Bertz CT molecular complexity index is 308. The van der Waals surface area contributed by atoms with Gasteiger partial charge in [0, 0.05) is 20.7 Å². The van der Waals surface area contributed by atoms with Crippen LogP contribution < -0.4 is 4.74 Å². The van der Waals surface area contributed by atoms with E-state index < -0.39 is 0 Å². The van der Waals surface area contributed by atoms with Crippen molar-refractivity contribution in [3.05, 3.63) is 27.2 Å². The molecule has 0 unspecified atom stereocenters. The standard InChI is InChI=1S/C10H11Br3O/c1-6-3-9(13)7(4-11)8(5-12)10(6)14-2/h3H,4-5H2,1-2H3. The SMILES string of the molecule is COc1c(C)cc(Br)c(CBr)c1CBr. The van der Waals surface area contributed by atoms with E-state index in [1.165, 1.54) is 11.1 Å². The summed E-state index contributed by atoms with van der Waals surface area (Å²) >= 11 is 10.5. The third-order valence-corrected chi connectivity index (χ3v) is 3.93. The number of hydrogen-bond donors (Lipinski definition) is 0. The summed E-state index contributed by atoms with van der Waals surface area (Å²) in [4.78, 5) is 0. The highest BCUT2D eigenvalue weighted by atomic mass is 79.9. The minimum Gasteiger partial charge on any atom is -0.496 e. The predicted octanol–water partition coefficient (Wildman–Crippen LogP) is 4.56. The summed E-state index contributed by atoms with van der Waals surface area (Å²) in [5.41, 5.74) is 3.60. The molecule has 1 rings (SSSR count). The second-order valence-corrected chi connectivity index (χ2v) is 4.91. The highest BCUT2D eigenvalue weighted by molar-refractivity contribution is 9.10. The van der Waals surface area contributed by atoms with Crippen LogP contribution in [-0.2, 0) is 10.7 Å². The van der Waals surface area contributed by atoms with E-state index in [1.807, 2.05) is 6.92 Å². The van der Waals surface area contributed by atoms with E-state index in [9.17, 15) is 0 Å². The van der Waals surface area contributed by atoms with Gasteiger partial charge in [0.05, 0.1) is 7.11 Å². The summed E-state index contributed by atoms with van der Waals surface area (Å²) in [6.45, 7) is 2.05. The maximum absolute atomic E-state index is 5.39. The van der Waals surface area contributed by atoms with E-state index in [0.717, 1.165) is 26.4 Å². The van der Waals surface area contributed by atoms with Gasteiger partial charge in [0.15, 0.2) is 0 Å². The zero-order valence-corrected chi connectivity index (χ0v) is 12.8. The number of halogens is 3. The Morgan fingerprint density at radius 3 is 2.21 bits per heavy atom. The van der Waals surface area contributed by atoms with Crippen LogP contribution in [-0.4, -0.2) is 7.11 Å². The maximum Gasteiger partial charge on any atom is 0.126 e. The summed E-state index contributed by atoms with van der Waals surface area (Å²) < 4.78 is 6.52. The Labute approximate surface area is 110 Å². The molecule has 0 aliphatic rings. The third-order valence-electron chi connectivity index (χ3n) is 2.10. The van der Waals surface area contributed by atoms with Crippen molar-refractivity contribution in [1.29, 1.82) is 0 Å². The number of aryl methyl sites for hydroxylation is 1. The van der Waals surface area contributed by atoms with Gasteiger partial charge in [-0.1, -0.05) is 47.8 Å². The number of ether oxygens (including phenoxy) is 1. The van der Waals surface area contributed by atoms with Gasteiger partial charge in [-0.15, -0.1) is 0 Å². The average Bonchev–Trinajstić information content (AvgIpc) is 2.16. The van der Waals surface area contributed by atoms with Crippen molar-refractivity contribution in [2.24, 2.45) is 0 Å². The van der Waals surface area contributed by atoms with Crippen LogP contribution in [0.2, 0.25) is 0 Å². The van der Waals surface area contributed by atoms with Gasteiger partial charge in [-0.2, -0.15) is 0 Å². The van der Waals surface area contributed by atoms with Crippen molar-refractivity contribution in [1.82, 2.24) is 0 Å². The molecule has 0 saturated carbocycles. The molecule has 4 heteroatoms. The molecule has 0 radical (unpaired) electrons. The molecule has 0 atom stereocenters. The predicted molar refractivity (Wildman–Crippen MR) is 70.7 cm³/mol. The third kappa shape index (κ3) is 2.34. The van der Waals surface area contributed by atoms with Crippen LogP contribution >= 0.6 is 47.8 Å². The van der Waals surface area contributed by atoms with Crippen molar-refractivity contribution in [3.63, 3.8) is 0 Å². The quantitative estimate of drug-likeness (QED) is 0.692. The van der Waals surface area contributed by atoms with Gasteiger partial charge in [0.1, 0.15) is 5.75 Å². The Morgan fingerprint density at radius 1 is 1.21 bits per heavy atom. The van der Waals surface area contributed by atoms with Gasteiger partial charge in [-0.25, -0.2) is 0 Å². The van der Waals surface area contributed by atoms with Crippen LogP contribution in [0.5, 0.6) is 5.75 Å². The molecular weight excluding hydrogens is 376 g/mol. The highest BCUT2D eigenvalue weighted by Crippen LogP contribution is 2.35. The minimum atomic E-state index is 0.803. The van der Waals surface area contributed by atoms with Gasteiger partial charge in [0.2, 0.25) is 0 Å². The van der Waals surface area contributed by atoms with Gasteiger partial charge in [0.25, 0.3) is 0 Å². The van der Waals surface area contributed by atoms with Crippen LogP contribution in [0.1, 0.15) is 16.7 Å². The maximum atomic E-state index is 5.39. The zero-order valence-electron chi connectivity index (χ0n) is 8.03. The van der Waals surface area contributed by atoms with Gasteiger partial charge in [-0.05, 0) is 24.1 Å². The number of alkyl halides is 2. The van der Waals surface area contributed by atoms with Crippen LogP contribution in [0.15, 0.2) is 10.5 Å². The first-order chi connectivity index (χ1) is 6.65. The summed E-state index contributed by atoms with van der Waals surface area (Å²) in [7, 11) is 1.71. The molecule has 0 amide bonds. The summed E-state index contributed by atoms with van der Waals surface area (Å²) in [5, 5.41) is 1.63. The topological polar surface area (TPSA) is 9.23 Å². The van der Waals surface area contributed by atoms with E-state index in [0.29, 0.717) is 0 Å². The average molecular weight is 387 g/mol. The molecule has 0 saturated heterocycles. The van der Waals surface area contributed by atoms with Gasteiger partial charge < -0.3 is 4.74 Å². The van der Waals surface area contributed by atoms with E-state index in [2.05, 4.69) is 53.9 Å². The molecular formula is C10H11Br3O. The van der Waals surface area contributed by atoms with E-state index >= 15 is 0 Å². The summed E-state index contributed by atoms with van der Waals surface area (Å²) in [6.07, 6.45) is 0. The lowest BCUT2D eigenvalue weighted by atomic mass is 10.1. The number of benzene rings is 1. The van der Waals surface area contributed by atoms with Crippen molar-refractivity contribution in [2.75, 3.05) is 7.11 Å². The molecule has 0 N–H and O–H groups in total. The number of methoxy groups -OCH3 is 1. The Kier molecular flexibility index (Phi) is 4.94. The Morgan fingerprint density at radius 2 is 1.79 bits per heavy atom. The molecule has 1 aromatic carbocycles. The lowest BCUT2D eigenvalue weighted by molar-refractivity contribution is 0.407. The summed E-state index contributed by atoms with van der Waals surface area (Å²) in [5.74, 6) is 0.972. The number of rotatable bonds is 3. The second kappa shape index (κ2) is 5.52. The first kappa shape index (κ1) is 12.5. The monoisotopic (exact) mass is 384 g/mol. The Balaban J connectivity index is 3.43. The molecule has 14 heavy (non-hydrogen) atoms. The molecule has 0 spiro atoms. The first-order valence-electron chi connectivity index (χ1n) is 4.12. The van der Waals surface area contributed by atoms with E-state index in [1.54, 1.807) is 7.11 Å². The number of hydrogen-bond acceptors (Lipinski definition) is 1. The largest absolute Gasteiger partial charge is 0.496 e. The first-order valence-corrected chi connectivity index (χ1v) is 7.16. The van der Waals surface area contributed by atoms with Crippen molar-refractivity contribution in [3.8, 4) is 5.75 Å². The molecule has 0 aliphatic carbocycles. The lowest BCUT2D eigenvalue weighted by Gasteiger charge is -2.15. The molecule has 0 heterocycles. The molecule has 0 bridgehead atoms. The second-order valence-electron chi connectivity index (χ2n) is 2.93. The molecule has 0 fully saturated rings. The highest BCUT2D eigenvalue weighted by Gasteiger charge is 2.13. The molecule has 1 nitrogen and oxygen atoms in total. The van der Waals surface area contributed by atoms with Crippen LogP contribution in [0.4, 0.5) is 0 Å². The zero-order chi connectivity index (χ0) is 10.7. The smallest absolute Gasteiger partial charge is 0.126 e. The molecule has 0 aliphatic heterocycles. The lowest BCUT2D eigenvalue weighted by Crippen LogP contribution is -1.98. The fourth-order valence-corrected chi connectivity index (χ4v) is 3.76. The van der Waals surface area contributed by atoms with Crippen molar-refractivity contribution >= 4 is 47.8 Å².